The minimum Gasteiger partial charge on any atom is -0.501 e. The molecule has 0 amide bonds. The number of hydrogen-bond acceptors (Lipinski definition) is 2. The van der Waals surface area contributed by atoms with Crippen molar-refractivity contribution >= 4 is 5.97 Å². The molecule has 0 aromatic heterocycles. The van der Waals surface area contributed by atoms with E-state index in [-0.39, 0.29) is 0 Å². The summed E-state index contributed by atoms with van der Waals surface area (Å²) in [5.41, 5.74) is 0. The first-order chi connectivity index (χ1) is 3.66. The molecular formula is C5H8O3. The van der Waals surface area contributed by atoms with Crippen LogP contribution in [0, 0.1) is 0 Å². The van der Waals surface area contributed by atoms with E-state index in [4.69, 9.17) is 5.11 Å². The Morgan fingerprint density at radius 1 is 1.75 bits per heavy atom. The van der Waals surface area contributed by atoms with Crippen LogP contribution in [-0.4, -0.2) is 18.2 Å². The average molecular weight is 116 g/mol. The van der Waals surface area contributed by atoms with E-state index >= 15 is 0 Å². The quantitative estimate of drug-likeness (QED) is 0.425. The van der Waals surface area contributed by atoms with Gasteiger partial charge in [0, 0.05) is 0 Å². The van der Waals surface area contributed by atoms with Crippen molar-refractivity contribution < 1.29 is 14.6 Å². The molecule has 0 saturated carbocycles. The number of carboxylic acids is 1. The molecule has 0 radical (unpaired) electrons. The van der Waals surface area contributed by atoms with Gasteiger partial charge < -0.3 is 9.84 Å². The number of carboxylic acid groups (broad SMARTS) is 1. The van der Waals surface area contributed by atoms with Crippen molar-refractivity contribution in [2.24, 2.45) is 0 Å². The van der Waals surface area contributed by atoms with Crippen LogP contribution in [0.15, 0.2) is 11.8 Å². The van der Waals surface area contributed by atoms with E-state index in [1.807, 2.05) is 0 Å². The fourth-order valence-corrected chi connectivity index (χ4v) is 0.233. The SMILES string of the molecule is COC(C)=CC(=O)O. The van der Waals surface area contributed by atoms with Gasteiger partial charge in [-0.2, -0.15) is 0 Å². The number of ether oxygens (including phenoxy) is 1. The van der Waals surface area contributed by atoms with Gasteiger partial charge in [0.15, 0.2) is 0 Å². The Balaban J connectivity index is 3.75. The van der Waals surface area contributed by atoms with E-state index < -0.39 is 5.97 Å². The van der Waals surface area contributed by atoms with E-state index in [1.54, 1.807) is 6.92 Å². The summed E-state index contributed by atoms with van der Waals surface area (Å²) in [4.78, 5) is 9.81. The molecule has 0 aromatic carbocycles. The highest BCUT2D eigenvalue weighted by Crippen LogP contribution is 1.89. The summed E-state index contributed by atoms with van der Waals surface area (Å²) in [6.45, 7) is 1.58. The van der Waals surface area contributed by atoms with Crippen molar-refractivity contribution in [2.45, 2.75) is 6.92 Å². The molecule has 0 aliphatic heterocycles. The number of hydrogen-bond donors (Lipinski definition) is 1. The molecule has 0 aliphatic carbocycles. The van der Waals surface area contributed by atoms with Gasteiger partial charge in [-0.1, -0.05) is 0 Å². The Morgan fingerprint density at radius 2 is 2.25 bits per heavy atom. The molecule has 46 valence electrons. The Labute approximate surface area is 47.6 Å². The van der Waals surface area contributed by atoms with Gasteiger partial charge in [-0.25, -0.2) is 4.79 Å². The zero-order valence-electron chi connectivity index (χ0n) is 4.84. The van der Waals surface area contributed by atoms with Crippen molar-refractivity contribution in [3.63, 3.8) is 0 Å². The molecule has 0 rings (SSSR count). The van der Waals surface area contributed by atoms with Crippen LogP contribution < -0.4 is 0 Å². The Kier molecular flexibility index (Phi) is 2.69. The number of carbonyl (C=O) groups is 1. The highest BCUT2D eigenvalue weighted by molar-refractivity contribution is 5.80. The van der Waals surface area contributed by atoms with Crippen LogP contribution in [0.5, 0.6) is 0 Å². The molecule has 0 fully saturated rings. The highest BCUT2D eigenvalue weighted by atomic mass is 16.5. The van der Waals surface area contributed by atoms with E-state index in [2.05, 4.69) is 4.74 Å². The predicted octanol–water partition coefficient (Wildman–Crippen LogP) is 0.621. The summed E-state index contributed by atoms with van der Waals surface area (Å²) in [5.74, 6) is -0.582. The van der Waals surface area contributed by atoms with Crippen LogP contribution in [0.25, 0.3) is 0 Å². The molecule has 0 heterocycles. The first-order valence-electron chi connectivity index (χ1n) is 2.12. The third-order valence-electron chi connectivity index (χ3n) is 0.649. The van der Waals surface area contributed by atoms with Crippen LogP contribution in [0.4, 0.5) is 0 Å². The largest absolute Gasteiger partial charge is 0.501 e. The Morgan fingerprint density at radius 3 is 2.38 bits per heavy atom. The topological polar surface area (TPSA) is 46.5 Å². The van der Waals surface area contributed by atoms with Gasteiger partial charge in [0.05, 0.1) is 18.9 Å². The summed E-state index contributed by atoms with van der Waals surface area (Å²) in [6.07, 6.45) is 1.00. The van der Waals surface area contributed by atoms with Gasteiger partial charge in [-0.3, -0.25) is 0 Å². The molecule has 0 atom stereocenters. The number of allylic oxidation sites excluding steroid dienone is 1. The molecule has 0 aliphatic rings. The molecule has 0 bridgehead atoms. The molecule has 1 N–H and O–H groups in total. The first-order valence-corrected chi connectivity index (χ1v) is 2.12. The third-order valence-corrected chi connectivity index (χ3v) is 0.649. The number of methoxy groups -OCH3 is 1. The number of aliphatic carboxylic acids is 1. The van der Waals surface area contributed by atoms with Crippen molar-refractivity contribution in [1.29, 1.82) is 0 Å². The molecule has 8 heavy (non-hydrogen) atoms. The van der Waals surface area contributed by atoms with Crippen LogP contribution in [0.3, 0.4) is 0 Å². The minimum atomic E-state index is -0.982. The molecule has 0 aromatic rings. The van der Waals surface area contributed by atoms with Gasteiger partial charge in [0.1, 0.15) is 0 Å². The molecule has 0 saturated heterocycles. The van der Waals surface area contributed by atoms with Gasteiger partial charge >= 0.3 is 5.97 Å². The lowest BCUT2D eigenvalue weighted by Gasteiger charge is -1.92. The second kappa shape index (κ2) is 3.07. The zero-order chi connectivity index (χ0) is 6.57. The molecule has 0 unspecified atom stereocenters. The van der Waals surface area contributed by atoms with Crippen molar-refractivity contribution in [2.75, 3.05) is 7.11 Å². The summed E-state index contributed by atoms with van der Waals surface area (Å²) < 4.78 is 4.54. The maximum atomic E-state index is 9.81. The van der Waals surface area contributed by atoms with Gasteiger partial charge in [-0.15, -0.1) is 0 Å². The smallest absolute Gasteiger partial charge is 0.331 e. The number of rotatable bonds is 2. The Hall–Kier alpha value is -0.990. The maximum absolute atomic E-state index is 9.81. The van der Waals surface area contributed by atoms with E-state index in [0.29, 0.717) is 5.76 Å². The third kappa shape index (κ3) is 3.21. The maximum Gasteiger partial charge on any atom is 0.331 e. The van der Waals surface area contributed by atoms with Gasteiger partial charge in [0.2, 0.25) is 0 Å². The fraction of sp³-hybridized carbons (Fsp3) is 0.400. The standard InChI is InChI=1S/C5H8O3/c1-4(8-2)3-5(6)7/h3H,1-2H3,(H,6,7). The van der Waals surface area contributed by atoms with Gasteiger partial charge in [-0.05, 0) is 6.92 Å². The summed E-state index contributed by atoms with van der Waals surface area (Å²) in [5, 5.41) is 8.06. The van der Waals surface area contributed by atoms with Crippen LogP contribution in [0.1, 0.15) is 6.92 Å². The normalized spacial score (nSPS) is 11.0. The average Bonchev–Trinajstić information content (AvgIpc) is 1.65. The van der Waals surface area contributed by atoms with E-state index in [0.717, 1.165) is 6.08 Å². The molecule has 0 spiro atoms. The summed E-state index contributed by atoms with van der Waals surface area (Å²) in [7, 11) is 1.43. The lowest BCUT2D eigenvalue weighted by molar-refractivity contribution is -0.131. The van der Waals surface area contributed by atoms with Crippen molar-refractivity contribution in [3.8, 4) is 0 Å². The van der Waals surface area contributed by atoms with Crippen LogP contribution in [0.2, 0.25) is 0 Å². The lowest BCUT2D eigenvalue weighted by atomic mass is 10.5. The van der Waals surface area contributed by atoms with E-state index in [9.17, 15) is 4.79 Å². The predicted molar refractivity (Wildman–Crippen MR) is 28.4 cm³/mol. The van der Waals surface area contributed by atoms with Crippen LogP contribution in [-0.2, 0) is 9.53 Å². The van der Waals surface area contributed by atoms with Crippen molar-refractivity contribution in [1.82, 2.24) is 0 Å². The monoisotopic (exact) mass is 116 g/mol. The fourth-order valence-electron chi connectivity index (χ4n) is 0.233. The highest BCUT2D eigenvalue weighted by Gasteiger charge is 1.89. The first kappa shape index (κ1) is 7.01. The van der Waals surface area contributed by atoms with Gasteiger partial charge in [0.25, 0.3) is 0 Å². The molecular weight excluding hydrogens is 108 g/mol. The van der Waals surface area contributed by atoms with Crippen LogP contribution >= 0.6 is 0 Å². The summed E-state index contributed by atoms with van der Waals surface area (Å²) >= 11 is 0. The summed E-state index contributed by atoms with van der Waals surface area (Å²) in [6, 6.07) is 0. The van der Waals surface area contributed by atoms with E-state index in [1.165, 1.54) is 7.11 Å². The Bertz CT molecular complexity index is 115. The zero-order valence-corrected chi connectivity index (χ0v) is 4.84. The minimum absolute atomic E-state index is 0.400. The lowest BCUT2D eigenvalue weighted by Crippen LogP contribution is -1.90. The molecule has 3 nitrogen and oxygen atoms in total. The second-order valence-corrected chi connectivity index (χ2v) is 1.30. The molecule has 3 heteroatoms. The second-order valence-electron chi connectivity index (χ2n) is 1.30. The van der Waals surface area contributed by atoms with Crippen molar-refractivity contribution in [3.05, 3.63) is 11.8 Å².